The summed E-state index contributed by atoms with van der Waals surface area (Å²) in [5, 5.41) is 19.1. The Balaban J connectivity index is 1.53. The number of aliphatic hydroxyl groups is 1. The third-order valence-corrected chi connectivity index (χ3v) is 3.73. The Morgan fingerprint density at radius 3 is 2.68 bits per heavy atom. The smallest absolute Gasteiger partial charge is 0.314 e. The van der Waals surface area contributed by atoms with E-state index in [-0.39, 0.29) is 6.03 Å². The van der Waals surface area contributed by atoms with Crippen molar-refractivity contribution in [2.75, 3.05) is 19.7 Å². The number of ether oxygens (including phenoxy) is 1. The molecule has 2 aromatic rings. The van der Waals surface area contributed by atoms with Crippen molar-refractivity contribution in [1.29, 1.82) is 0 Å². The predicted octanol–water partition coefficient (Wildman–Crippen LogP) is 2.55. The van der Waals surface area contributed by atoms with E-state index < -0.39 is 6.10 Å². The number of aliphatic hydroxyl groups excluding tert-OH is 1. The van der Waals surface area contributed by atoms with Crippen molar-refractivity contribution in [3.8, 4) is 5.75 Å². The second-order valence-corrected chi connectivity index (χ2v) is 5.49. The van der Waals surface area contributed by atoms with Crippen LogP contribution in [0.25, 0.3) is 0 Å². The molecule has 1 atom stereocenters. The van der Waals surface area contributed by atoms with Crippen LogP contribution in [0.4, 0.5) is 4.79 Å². The van der Waals surface area contributed by atoms with Crippen LogP contribution in [0.2, 0.25) is 0 Å². The van der Waals surface area contributed by atoms with Gasteiger partial charge in [-0.05, 0) is 40.9 Å². The molecule has 1 aromatic carbocycles. The van der Waals surface area contributed by atoms with Crippen molar-refractivity contribution in [3.05, 3.63) is 52.7 Å². The van der Waals surface area contributed by atoms with Crippen molar-refractivity contribution >= 4 is 17.4 Å². The van der Waals surface area contributed by atoms with Gasteiger partial charge in [-0.2, -0.15) is 11.3 Å². The molecule has 0 bridgehead atoms. The minimum atomic E-state index is -0.534. The summed E-state index contributed by atoms with van der Waals surface area (Å²) in [5.41, 5.74) is 0.892. The third-order valence-electron chi connectivity index (χ3n) is 3.03. The van der Waals surface area contributed by atoms with Gasteiger partial charge in [-0.3, -0.25) is 0 Å². The summed E-state index contributed by atoms with van der Waals surface area (Å²) in [5.74, 6) is 0.781. The second-order valence-electron chi connectivity index (χ2n) is 4.71. The molecule has 1 heterocycles. The van der Waals surface area contributed by atoms with E-state index >= 15 is 0 Å². The summed E-state index contributed by atoms with van der Waals surface area (Å²) >= 11 is 1.55. The number of hydrogen-bond acceptors (Lipinski definition) is 4. The average molecular weight is 320 g/mol. The first-order valence-corrected chi connectivity index (χ1v) is 8.09. The highest BCUT2D eigenvalue weighted by Crippen LogP contribution is 2.18. The summed E-state index contributed by atoms with van der Waals surface area (Å²) in [6.07, 6.45) is -0.0435. The van der Waals surface area contributed by atoms with E-state index in [4.69, 9.17) is 4.74 Å². The van der Waals surface area contributed by atoms with Crippen LogP contribution in [0.15, 0.2) is 47.2 Å². The lowest BCUT2D eigenvalue weighted by atomic mass is 10.1. The number of hydrogen-bond donors (Lipinski definition) is 3. The van der Waals surface area contributed by atoms with Crippen LogP contribution < -0.4 is 15.4 Å². The molecule has 0 aliphatic rings. The number of thiophene rings is 1. The number of urea groups is 1. The molecule has 0 radical (unpaired) electrons. The zero-order valence-electron chi connectivity index (χ0n) is 12.2. The first kappa shape index (κ1) is 16.3. The summed E-state index contributed by atoms with van der Waals surface area (Å²) in [6.45, 7) is 1.26. The second kappa shape index (κ2) is 9.07. The topological polar surface area (TPSA) is 70.6 Å². The van der Waals surface area contributed by atoms with Crippen LogP contribution >= 0.6 is 11.3 Å². The maximum absolute atomic E-state index is 11.6. The molecule has 0 unspecified atom stereocenters. The highest BCUT2D eigenvalue weighted by atomic mass is 32.1. The molecule has 6 heteroatoms. The molecule has 22 heavy (non-hydrogen) atoms. The van der Waals surface area contributed by atoms with Gasteiger partial charge in [0, 0.05) is 6.54 Å². The molecular weight excluding hydrogens is 300 g/mol. The molecule has 5 nitrogen and oxygen atoms in total. The van der Waals surface area contributed by atoms with Gasteiger partial charge in [-0.25, -0.2) is 4.79 Å². The Morgan fingerprint density at radius 2 is 1.95 bits per heavy atom. The third kappa shape index (κ3) is 5.75. The maximum atomic E-state index is 11.6. The van der Waals surface area contributed by atoms with Crippen LogP contribution in [-0.2, 0) is 0 Å². The Kier molecular flexibility index (Phi) is 6.73. The minimum Gasteiger partial charge on any atom is -0.492 e. The first-order valence-electron chi connectivity index (χ1n) is 7.15. The Hall–Kier alpha value is -2.05. The van der Waals surface area contributed by atoms with Crippen molar-refractivity contribution in [1.82, 2.24) is 10.6 Å². The van der Waals surface area contributed by atoms with Gasteiger partial charge in [0.1, 0.15) is 12.4 Å². The van der Waals surface area contributed by atoms with Gasteiger partial charge in [0.25, 0.3) is 0 Å². The lowest BCUT2D eigenvalue weighted by Crippen LogP contribution is -2.38. The fraction of sp³-hybridized carbons (Fsp3) is 0.312. The largest absolute Gasteiger partial charge is 0.492 e. The minimum absolute atomic E-state index is 0.255. The molecule has 0 spiro atoms. The van der Waals surface area contributed by atoms with Crippen molar-refractivity contribution < 1.29 is 14.6 Å². The summed E-state index contributed by atoms with van der Waals surface area (Å²) in [6, 6.07) is 11.1. The fourth-order valence-corrected chi connectivity index (χ4v) is 2.57. The van der Waals surface area contributed by atoms with E-state index in [1.54, 1.807) is 11.3 Å². The van der Waals surface area contributed by atoms with Crippen LogP contribution in [-0.4, -0.2) is 30.8 Å². The van der Waals surface area contributed by atoms with Crippen LogP contribution in [0, 0.1) is 0 Å². The van der Waals surface area contributed by atoms with Gasteiger partial charge in [-0.1, -0.05) is 18.2 Å². The molecule has 2 amide bonds. The predicted molar refractivity (Wildman–Crippen MR) is 87.2 cm³/mol. The van der Waals surface area contributed by atoms with E-state index in [9.17, 15) is 9.90 Å². The van der Waals surface area contributed by atoms with Crippen molar-refractivity contribution in [2.45, 2.75) is 12.5 Å². The standard InChI is InChI=1S/C16H20N2O3S/c19-15(13-7-11-22-12-13)6-8-17-16(20)18-9-10-21-14-4-2-1-3-5-14/h1-5,7,11-12,15,19H,6,8-10H2,(H2,17,18,20)/t15-/m0/s1. The molecule has 0 saturated heterocycles. The van der Waals surface area contributed by atoms with Crippen LogP contribution in [0.3, 0.4) is 0 Å². The number of carbonyl (C=O) groups excluding carboxylic acids is 1. The molecule has 3 N–H and O–H groups in total. The summed E-state index contributed by atoms with van der Waals surface area (Å²) in [4.78, 5) is 11.6. The monoisotopic (exact) mass is 320 g/mol. The number of benzene rings is 1. The molecule has 0 saturated carbocycles. The number of carbonyl (C=O) groups is 1. The van der Waals surface area contributed by atoms with E-state index in [0.29, 0.717) is 26.1 Å². The van der Waals surface area contributed by atoms with Gasteiger partial charge in [0.15, 0.2) is 0 Å². The lowest BCUT2D eigenvalue weighted by molar-refractivity contribution is 0.167. The zero-order chi connectivity index (χ0) is 15.6. The van der Waals surface area contributed by atoms with E-state index in [1.807, 2.05) is 47.2 Å². The van der Waals surface area contributed by atoms with Crippen LogP contribution in [0.5, 0.6) is 5.75 Å². The van der Waals surface area contributed by atoms with Gasteiger partial charge >= 0.3 is 6.03 Å². The number of nitrogens with one attached hydrogen (secondary N) is 2. The number of rotatable bonds is 8. The Labute approximate surface area is 133 Å². The van der Waals surface area contributed by atoms with E-state index in [0.717, 1.165) is 11.3 Å². The van der Waals surface area contributed by atoms with Crippen molar-refractivity contribution in [2.24, 2.45) is 0 Å². The maximum Gasteiger partial charge on any atom is 0.314 e. The molecule has 1 aromatic heterocycles. The molecular formula is C16H20N2O3S. The number of amides is 2. The normalized spacial score (nSPS) is 11.7. The quantitative estimate of drug-likeness (QED) is 0.655. The highest BCUT2D eigenvalue weighted by molar-refractivity contribution is 7.07. The zero-order valence-corrected chi connectivity index (χ0v) is 13.0. The number of para-hydroxylation sites is 1. The summed E-state index contributed by atoms with van der Waals surface area (Å²) < 4.78 is 5.47. The molecule has 118 valence electrons. The van der Waals surface area contributed by atoms with Gasteiger partial charge in [0.2, 0.25) is 0 Å². The molecule has 0 aliphatic carbocycles. The molecule has 0 aliphatic heterocycles. The summed E-state index contributed by atoms with van der Waals surface area (Å²) in [7, 11) is 0. The molecule has 2 rings (SSSR count). The molecule has 0 fully saturated rings. The van der Waals surface area contributed by atoms with Gasteiger partial charge in [-0.15, -0.1) is 0 Å². The van der Waals surface area contributed by atoms with E-state index in [1.165, 1.54) is 0 Å². The van der Waals surface area contributed by atoms with Gasteiger partial charge in [0.05, 0.1) is 12.6 Å². The average Bonchev–Trinajstić information content (AvgIpc) is 3.07. The Morgan fingerprint density at radius 1 is 1.18 bits per heavy atom. The SMILES string of the molecule is O=C(NCCOc1ccccc1)NCC[C@H](O)c1ccsc1. The lowest BCUT2D eigenvalue weighted by Gasteiger charge is -2.11. The first-order chi connectivity index (χ1) is 10.8. The van der Waals surface area contributed by atoms with E-state index in [2.05, 4.69) is 10.6 Å². The van der Waals surface area contributed by atoms with Gasteiger partial charge < -0.3 is 20.5 Å². The van der Waals surface area contributed by atoms with Crippen LogP contribution in [0.1, 0.15) is 18.1 Å². The highest BCUT2D eigenvalue weighted by Gasteiger charge is 2.08. The fourth-order valence-electron chi connectivity index (χ4n) is 1.87. The van der Waals surface area contributed by atoms with Crippen molar-refractivity contribution in [3.63, 3.8) is 0 Å². The Bertz CT molecular complexity index is 546.